The largest absolute Gasteiger partial charge is 0.316 e. The SMILES string of the molecule is CSCCN1CCC(CNCC(C)C)CC1. The number of nitrogens with one attached hydrogen (secondary N) is 1. The predicted molar refractivity (Wildman–Crippen MR) is 75.3 cm³/mol. The minimum absolute atomic E-state index is 0.779. The summed E-state index contributed by atoms with van der Waals surface area (Å²) in [5, 5.41) is 3.59. The van der Waals surface area contributed by atoms with E-state index in [9.17, 15) is 0 Å². The molecule has 1 aliphatic heterocycles. The first kappa shape index (κ1) is 14.3. The second kappa shape index (κ2) is 8.37. The van der Waals surface area contributed by atoms with Crippen LogP contribution < -0.4 is 5.32 Å². The van der Waals surface area contributed by atoms with E-state index in [1.54, 1.807) is 0 Å². The maximum absolute atomic E-state index is 3.59. The minimum atomic E-state index is 0.779. The maximum Gasteiger partial charge on any atom is 0.00722 e. The third kappa shape index (κ3) is 6.12. The molecule has 0 spiro atoms. The molecule has 0 bridgehead atoms. The van der Waals surface area contributed by atoms with Crippen LogP contribution in [-0.2, 0) is 0 Å². The molecule has 0 amide bonds. The van der Waals surface area contributed by atoms with Crippen molar-refractivity contribution in [3.8, 4) is 0 Å². The van der Waals surface area contributed by atoms with E-state index in [2.05, 4.69) is 30.3 Å². The average Bonchev–Trinajstić information content (AvgIpc) is 2.27. The summed E-state index contributed by atoms with van der Waals surface area (Å²) in [5.41, 5.74) is 0. The van der Waals surface area contributed by atoms with Gasteiger partial charge < -0.3 is 10.2 Å². The molecule has 2 nitrogen and oxygen atoms in total. The van der Waals surface area contributed by atoms with Crippen LogP contribution in [0.1, 0.15) is 26.7 Å². The second-order valence-electron chi connectivity index (χ2n) is 5.33. The lowest BCUT2D eigenvalue weighted by atomic mass is 9.96. The molecule has 1 fully saturated rings. The van der Waals surface area contributed by atoms with Gasteiger partial charge in [0.2, 0.25) is 0 Å². The molecule has 96 valence electrons. The predicted octanol–water partition coefficient (Wildman–Crippen LogP) is 2.31. The second-order valence-corrected chi connectivity index (χ2v) is 6.32. The molecule has 0 unspecified atom stereocenters. The van der Waals surface area contributed by atoms with Gasteiger partial charge in [-0.25, -0.2) is 0 Å². The molecule has 1 rings (SSSR count). The number of nitrogens with zero attached hydrogens (tertiary/aromatic N) is 1. The van der Waals surface area contributed by atoms with Crippen molar-refractivity contribution in [2.45, 2.75) is 26.7 Å². The van der Waals surface area contributed by atoms with Crippen molar-refractivity contribution in [2.24, 2.45) is 11.8 Å². The van der Waals surface area contributed by atoms with Crippen LogP contribution in [0.25, 0.3) is 0 Å². The summed E-state index contributed by atoms with van der Waals surface area (Å²) in [7, 11) is 0. The number of piperidine rings is 1. The van der Waals surface area contributed by atoms with Gasteiger partial charge in [0.25, 0.3) is 0 Å². The Labute approximate surface area is 106 Å². The van der Waals surface area contributed by atoms with E-state index in [4.69, 9.17) is 0 Å². The van der Waals surface area contributed by atoms with Crippen molar-refractivity contribution >= 4 is 11.8 Å². The summed E-state index contributed by atoms with van der Waals surface area (Å²) >= 11 is 1.96. The van der Waals surface area contributed by atoms with Gasteiger partial charge in [-0.15, -0.1) is 0 Å². The lowest BCUT2D eigenvalue weighted by Gasteiger charge is -2.32. The molecule has 0 aromatic heterocycles. The lowest BCUT2D eigenvalue weighted by molar-refractivity contribution is 0.191. The van der Waals surface area contributed by atoms with Gasteiger partial charge in [-0.2, -0.15) is 11.8 Å². The van der Waals surface area contributed by atoms with Gasteiger partial charge >= 0.3 is 0 Å². The zero-order valence-electron chi connectivity index (χ0n) is 11.2. The van der Waals surface area contributed by atoms with E-state index in [1.807, 2.05) is 11.8 Å². The maximum atomic E-state index is 3.59. The van der Waals surface area contributed by atoms with Crippen LogP contribution in [0.4, 0.5) is 0 Å². The minimum Gasteiger partial charge on any atom is -0.316 e. The van der Waals surface area contributed by atoms with E-state index < -0.39 is 0 Å². The molecule has 0 aliphatic carbocycles. The summed E-state index contributed by atoms with van der Waals surface area (Å²) in [6, 6.07) is 0. The summed E-state index contributed by atoms with van der Waals surface area (Å²) in [5.74, 6) is 2.99. The third-order valence-electron chi connectivity index (χ3n) is 3.30. The normalized spacial score (nSPS) is 19.5. The Morgan fingerprint density at radius 1 is 1.31 bits per heavy atom. The molecule has 0 radical (unpaired) electrons. The van der Waals surface area contributed by atoms with Crippen LogP contribution in [0.5, 0.6) is 0 Å². The van der Waals surface area contributed by atoms with Crippen molar-refractivity contribution in [1.29, 1.82) is 0 Å². The van der Waals surface area contributed by atoms with Gasteiger partial charge in [-0.3, -0.25) is 0 Å². The van der Waals surface area contributed by atoms with Gasteiger partial charge in [0.05, 0.1) is 0 Å². The topological polar surface area (TPSA) is 15.3 Å². The molecule has 3 heteroatoms. The van der Waals surface area contributed by atoms with Crippen LogP contribution in [-0.4, -0.2) is 49.6 Å². The molecule has 0 aromatic carbocycles. The number of thioether (sulfide) groups is 1. The highest BCUT2D eigenvalue weighted by Gasteiger charge is 2.18. The van der Waals surface area contributed by atoms with Gasteiger partial charge in [0.15, 0.2) is 0 Å². The third-order valence-corrected chi connectivity index (χ3v) is 3.90. The highest BCUT2D eigenvalue weighted by Crippen LogP contribution is 2.16. The van der Waals surface area contributed by atoms with E-state index >= 15 is 0 Å². The van der Waals surface area contributed by atoms with Crippen molar-refractivity contribution in [2.75, 3.05) is 44.7 Å². The Kier molecular flexibility index (Phi) is 7.50. The highest BCUT2D eigenvalue weighted by atomic mass is 32.2. The Hall–Kier alpha value is 0.270. The quantitative estimate of drug-likeness (QED) is 0.740. The Morgan fingerprint density at radius 2 is 2.00 bits per heavy atom. The number of hydrogen-bond acceptors (Lipinski definition) is 3. The van der Waals surface area contributed by atoms with Crippen LogP contribution >= 0.6 is 11.8 Å². The van der Waals surface area contributed by atoms with Crippen LogP contribution in [0.2, 0.25) is 0 Å². The molecule has 0 saturated carbocycles. The first-order valence-electron chi connectivity index (χ1n) is 6.64. The number of likely N-dealkylation sites (tertiary alicyclic amines) is 1. The van der Waals surface area contributed by atoms with Crippen molar-refractivity contribution < 1.29 is 0 Å². The van der Waals surface area contributed by atoms with Crippen LogP contribution in [0, 0.1) is 11.8 Å². The van der Waals surface area contributed by atoms with Crippen molar-refractivity contribution in [1.82, 2.24) is 10.2 Å². The first-order valence-corrected chi connectivity index (χ1v) is 8.03. The van der Waals surface area contributed by atoms with Gasteiger partial charge in [-0.1, -0.05) is 13.8 Å². The van der Waals surface area contributed by atoms with E-state index in [0.717, 1.165) is 11.8 Å². The molecular weight excluding hydrogens is 216 g/mol. The summed E-state index contributed by atoms with van der Waals surface area (Å²) in [6.07, 6.45) is 4.97. The van der Waals surface area contributed by atoms with Crippen molar-refractivity contribution in [3.05, 3.63) is 0 Å². The molecule has 1 aliphatic rings. The molecule has 16 heavy (non-hydrogen) atoms. The first-order chi connectivity index (χ1) is 7.72. The average molecular weight is 244 g/mol. The number of hydrogen-bond donors (Lipinski definition) is 1. The van der Waals surface area contributed by atoms with Crippen molar-refractivity contribution in [3.63, 3.8) is 0 Å². The molecule has 1 heterocycles. The Balaban J connectivity index is 2.03. The van der Waals surface area contributed by atoms with E-state index in [1.165, 1.54) is 51.3 Å². The molecule has 0 atom stereocenters. The summed E-state index contributed by atoms with van der Waals surface area (Å²) in [4.78, 5) is 2.62. The Bertz CT molecular complexity index is 165. The van der Waals surface area contributed by atoms with Gasteiger partial charge in [0.1, 0.15) is 0 Å². The fraction of sp³-hybridized carbons (Fsp3) is 1.00. The molecule has 0 aromatic rings. The van der Waals surface area contributed by atoms with Gasteiger partial charge in [0, 0.05) is 12.3 Å². The Morgan fingerprint density at radius 3 is 2.56 bits per heavy atom. The molecule has 1 N–H and O–H groups in total. The van der Waals surface area contributed by atoms with E-state index in [0.29, 0.717) is 0 Å². The van der Waals surface area contributed by atoms with E-state index in [-0.39, 0.29) is 0 Å². The number of rotatable bonds is 7. The lowest BCUT2D eigenvalue weighted by Crippen LogP contribution is -2.38. The summed E-state index contributed by atoms with van der Waals surface area (Å²) in [6.45, 7) is 10.9. The fourth-order valence-electron chi connectivity index (χ4n) is 2.21. The smallest absolute Gasteiger partial charge is 0.00722 e. The molecular formula is C13H28N2S. The standard InChI is InChI=1S/C13H28N2S/c1-12(2)10-14-11-13-4-6-15(7-5-13)8-9-16-3/h12-14H,4-11H2,1-3H3. The highest BCUT2D eigenvalue weighted by molar-refractivity contribution is 7.98. The van der Waals surface area contributed by atoms with Crippen LogP contribution in [0.3, 0.4) is 0 Å². The zero-order valence-corrected chi connectivity index (χ0v) is 12.0. The molecule has 1 saturated heterocycles. The fourth-order valence-corrected chi connectivity index (χ4v) is 2.65. The monoisotopic (exact) mass is 244 g/mol. The zero-order chi connectivity index (χ0) is 11.8. The summed E-state index contributed by atoms with van der Waals surface area (Å²) < 4.78 is 0. The van der Waals surface area contributed by atoms with Crippen LogP contribution in [0.15, 0.2) is 0 Å². The van der Waals surface area contributed by atoms with Gasteiger partial charge in [-0.05, 0) is 57.1 Å².